The molecule has 0 aliphatic rings. The fourth-order valence-electron chi connectivity index (χ4n) is 2.64. The monoisotopic (exact) mass is 321 g/mol. The molecular formula is C21H23NO2. The van der Waals surface area contributed by atoms with Crippen LogP contribution < -0.4 is 5.32 Å². The molecule has 0 spiro atoms. The molecular weight excluding hydrogens is 298 g/mol. The van der Waals surface area contributed by atoms with E-state index in [0.29, 0.717) is 0 Å². The van der Waals surface area contributed by atoms with Crippen molar-refractivity contribution in [2.24, 2.45) is 0 Å². The minimum atomic E-state index is -0.444. The molecule has 0 aliphatic heterocycles. The van der Waals surface area contributed by atoms with Gasteiger partial charge in [-0.05, 0) is 43.1 Å². The minimum Gasteiger partial charge on any atom is -0.460 e. The summed E-state index contributed by atoms with van der Waals surface area (Å²) in [7, 11) is 0. The summed E-state index contributed by atoms with van der Waals surface area (Å²) in [4.78, 5) is 0. The lowest BCUT2D eigenvalue weighted by Gasteiger charge is -2.05. The van der Waals surface area contributed by atoms with Gasteiger partial charge in [0.05, 0.1) is 12.6 Å². The Kier molecular flexibility index (Phi) is 5.47. The molecule has 124 valence electrons. The molecule has 0 saturated carbocycles. The van der Waals surface area contributed by atoms with Gasteiger partial charge in [0.15, 0.2) is 0 Å². The predicted molar refractivity (Wildman–Crippen MR) is 96.6 cm³/mol. The molecule has 24 heavy (non-hydrogen) atoms. The average molecular weight is 321 g/mol. The number of benzene rings is 2. The Morgan fingerprint density at radius 1 is 0.958 bits per heavy atom. The molecule has 1 unspecified atom stereocenters. The van der Waals surface area contributed by atoms with E-state index in [4.69, 9.17) is 4.42 Å². The first-order valence-corrected chi connectivity index (χ1v) is 8.34. The van der Waals surface area contributed by atoms with Gasteiger partial charge >= 0.3 is 0 Å². The number of hydrogen-bond donors (Lipinski definition) is 2. The molecule has 1 atom stereocenters. The van der Waals surface area contributed by atoms with Gasteiger partial charge in [0.25, 0.3) is 0 Å². The van der Waals surface area contributed by atoms with Crippen molar-refractivity contribution in [3.05, 3.63) is 83.6 Å². The normalized spacial score (nSPS) is 12.2. The Morgan fingerprint density at radius 3 is 2.42 bits per heavy atom. The maximum Gasteiger partial charge on any atom is 0.134 e. The summed E-state index contributed by atoms with van der Waals surface area (Å²) in [5, 5.41) is 13.0. The standard InChI is InChI=1S/C21H23NO2/c1-16(23)18-7-9-19(10-8-18)21-12-11-20(24-21)15-22-14-13-17-5-3-2-4-6-17/h2-12,16,22-23H,13-15H2,1H3. The third-order valence-corrected chi connectivity index (χ3v) is 4.07. The molecule has 2 aromatic carbocycles. The van der Waals surface area contributed by atoms with Crippen LogP contribution >= 0.6 is 0 Å². The number of hydrogen-bond acceptors (Lipinski definition) is 3. The Labute approximate surface area is 143 Å². The average Bonchev–Trinajstić information content (AvgIpc) is 3.09. The van der Waals surface area contributed by atoms with Crippen LogP contribution in [0.15, 0.2) is 71.1 Å². The summed E-state index contributed by atoms with van der Waals surface area (Å²) < 4.78 is 5.90. The molecule has 0 aliphatic carbocycles. The first-order chi connectivity index (χ1) is 11.7. The van der Waals surface area contributed by atoms with Crippen LogP contribution in [0, 0.1) is 0 Å². The zero-order chi connectivity index (χ0) is 16.8. The van der Waals surface area contributed by atoms with Crippen LogP contribution in [0.2, 0.25) is 0 Å². The van der Waals surface area contributed by atoms with Crippen LogP contribution in [-0.2, 0) is 13.0 Å². The Morgan fingerprint density at radius 2 is 1.71 bits per heavy atom. The zero-order valence-electron chi connectivity index (χ0n) is 13.9. The summed E-state index contributed by atoms with van der Waals surface area (Å²) >= 11 is 0. The molecule has 1 heterocycles. The van der Waals surface area contributed by atoms with E-state index in [1.54, 1.807) is 6.92 Å². The van der Waals surface area contributed by atoms with Crippen molar-refractivity contribution in [2.45, 2.75) is 26.0 Å². The van der Waals surface area contributed by atoms with Gasteiger partial charge in [-0.15, -0.1) is 0 Å². The molecule has 3 aromatic rings. The smallest absolute Gasteiger partial charge is 0.134 e. The van der Waals surface area contributed by atoms with E-state index in [9.17, 15) is 5.11 Å². The predicted octanol–water partition coefficient (Wildman–Crippen LogP) is 4.33. The van der Waals surface area contributed by atoms with Gasteiger partial charge < -0.3 is 14.8 Å². The largest absolute Gasteiger partial charge is 0.460 e. The number of furan rings is 1. The summed E-state index contributed by atoms with van der Waals surface area (Å²) in [6.45, 7) is 3.41. The molecule has 3 rings (SSSR count). The SMILES string of the molecule is CC(O)c1ccc(-c2ccc(CNCCc3ccccc3)o2)cc1. The van der Waals surface area contributed by atoms with Crippen LogP contribution in [0.4, 0.5) is 0 Å². The van der Waals surface area contributed by atoms with E-state index in [1.165, 1.54) is 5.56 Å². The molecule has 0 saturated heterocycles. The van der Waals surface area contributed by atoms with Gasteiger partial charge in [0.1, 0.15) is 11.5 Å². The van der Waals surface area contributed by atoms with Crippen molar-refractivity contribution >= 4 is 0 Å². The molecule has 3 heteroatoms. The lowest BCUT2D eigenvalue weighted by molar-refractivity contribution is 0.199. The molecule has 0 amide bonds. The van der Waals surface area contributed by atoms with Crippen molar-refractivity contribution in [1.82, 2.24) is 5.32 Å². The van der Waals surface area contributed by atoms with Gasteiger partial charge in [-0.2, -0.15) is 0 Å². The highest BCUT2D eigenvalue weighted by Crippen LogP contribution is 2.24. The van der Waals surface area contributed by atoms with Crippen molar-refractivity contribution in [3.63, 3.8) is 0 Å². The lowest BCUT2D eigenvalue weighted by Crippen LogP contribution is -2.16. The first kappa shape index (κ1) is 16.5. The Hall–Kier alpha value is -2.36. The van der Waals surface area contributed by atoms with E-state index < -0.39 is 6.10 Å². The van der Waals surface area contributed by atoms with Gasteiger partial charge in [-0.3, -0.25) is 0 Å². The Balaban J connectivity index is 1.52. The van der Waals surface area contributed by atoms with Crippen molar-refractivity contribution in [3.8, 4) is 11.3 Å². The quantitative estimate of drug-likeness (QED) is 0.637. The highest BCUT2D eigenvalue weighted by molar-refractivity contribution is 5.58. The number of rotatable bonds is 7. The maximum absolute atomic E-state index is 9.56. The molecule has 0 radical (unpaired) electrons. The molecule has 2 N–H and O–H groups in total. The second-order valence-electron chi connectivity index (χ2n) is 5.98. The van der Waals surface area contributed by atoms with E-state index in [2.05, 4.69) is 29.6 Å². The van der Waals surface area contributed by atoms with Gasteiger partial charge in [-0.1, -0.05) is 54.6 Å². The van der Waals surface area contributed by atoms with E-state index in [0.717, 1.165) is 42.2 Å². The fraction of sp³-hybridized carbons (Fsp3) is 0.238. The van der Waals surface area contributed by atoms with Crippen LogP contribution in [-0.4, -0.2) is 11.7 Å². The lowest BCUT2D eigenvalue weighted by atomic mass is 10.1. The zero-order valence-corrected chi connectivity index (χ0v) is 13.9. The second kappa shape index (κ2) is 7.95. The van der Waals surface area contributed by atoms with Crippen molar-refractivity contribution < 1.29 is 9.52 Å². The summed E-state index contributed by atoms with van der Waals surface area (Å²) in [6, 6.07) is 22.3. The third-order valence-electron chi connectivity index (χ3n) is 4.07. The Bertz CT molecular complexity index is 745. The van der Waals surface area contributed by atoms with Gasteiger partial charge in [-0.25, -0.2) is 0 Å². The number of aliphatic hydroxyl groups is 1. The van der Waals surface area contributed by atoms with E-state index >= 15 is 0 Å². The van der Waals surface area contributed by atoms with Crippen LogP contribution in [0.25, 0.3) is 11.3 Å². The summed E-state index contributed by atoms with van der Waals surface area (Å²) in [6.07, 6.45) is 0.565. The molecule has 0 fully saturated rings. The number of nitrogens with one attached hydrogen (secondary N) is 1. The second-order valence-corrected chi connectivity index (χ2v) is 5.98. The first-order valence-electron chi connectivity index (χ1n) is 8.34. The molecule has 0 bridgehead atoms. The van der Waals surface area contributed by atoms with Gasteiger partial charge in [0, 0.05) is 5.56 Å². The minimum absolute atomic E-state index is 0.444. The van der Waals surface area contributed by atoms with E-state index in [1.807, 2.05) is 42.5 Å². The summed E-state index contributed by atoms with van der Waals surface area (Å²) in [5.74, 6) is 1.78. The van der Waals surface area contributed by atoms with Crippen molar-refractivity contribution in [1.29, 1.82) is 0 Å². The van der Waals surface area contributed by atoms with Gasteiger partial charge in [0.2, 0.25) is 0 Å². The summed E-state index contributed by atoms with van der Waals surface area (Å²) in [5.41, 5.74) is 3.27. The van der Waals surface area contributed by atoms with Crippen molar-refractivity contribution in [2.75, 3.05) is 6.54 Å². The third kappa shape index (κ3) is 4.34. The van der Waals surface area contributed by atoms with Crippen LogP contribution in [0.5, 0.6) is 0 Å². The van der Waals surface area contributed by atoms with E-state index in [-0.39, 0.29) is 0 Å². The maximum atomic E-state index is 9.56. The number of aliphatic hydroxyl groups excluding tert-OH is 1. The highest BCUT2D eigenvalue weighted by atomic mass is 16.3. The molecule has 3 nitrogen and oxygen atoms in total. The van der Waals surface area contributed by atoms with Crippen LogP contribution in [0.3, 0.4) is 0 Å². The van der Waals surface area contributed by atoms with Crippen LogP contribution in [0.1, 0.15) is 29.9 Å². The molecule has 1 aromatic heterocycles. The highest BCUT2D eigenvalue weighted by Gasteiger charge is 2.06. The fourth-order valence-corrected chi connectivity index (χ4v) is 2.64. The topological polar surface area (TPSA) is 45.4 Å².